The van der Waals surface area contributed by atoms with Crippen molar-refractivity contribution in [1.82, 2.24) is 20.2 Å². The molecule has 1 aromatic heterocycles. The van der Waals surface area contributed by atoms with Gasteiger partial charge in [0.15, 0.2) is 0 Å². The Morgan fingerprint density at radius 2 is 2.00 bits per heavy atom. The van der Waals surface area contributed by atoms with E-state index in [9.17, 15) is 4.79 Å². The second-order valence-electron chi connectivity index (χ2n) is 6.36. The Kier molecular flexibility index (Phi) is 5.54. The van der Waals surface area contributed by atoms with E-state index in [1.807, 2.05) is 13.0 Å². The van der Waals surface area contributed by atoms with E-state index in [2.05, 4.69) is 38.4 Å². The molecule has 0 aliphatic carbocycles. The Bertz CT molecular complexity index is 695. The van der Waals surface area contributed by atoms with Gasteiger partial charge in [-0.2, -0.15) is 0 Å². The third-order valence-electron chi connectivity index (χ3n) is 4.46. The van der Waals surface area contributed by atoms with Crippen molar-refractivity contribution in [2.45, 2.75) is 39.3 Å². The van der Waals surface area contributed by atoms with Gasteiger partial charge in [0.2, 0.25) is 0 Å². The number of hydrogen-bond donors (Lipinski definition) is 1. The van der Waals surface area contributed by atoms with E-state index in [-0.39, 0.29) is 5.91 Å². The summed E-state index contributed by atoms with van der Waals surface area (Å²) in [5, 5.41) is 2.95. The van der Waals surface area contributed by atoms with E-state index in [4.69, 9.17) is 0 Å². The van der Waals surface area contributed by atoms with Gasteiger partial charge in [0.1, 0.15) is 6.33 Å². The van der Waals surface area contributed by atoms with Crippen LogP contribution in [-0.2, 0) is 13.1 Å². The van der Waals surface area contributed by atoms with E-state index >= 15 is 0 Å². The number of carbonyl (C=O) groups excluding carboxylic acids is 1. The van der Waals surface area contributed by atoms with Crippen LogP contribution < -0.4 is 5.32 Å². The number of piperidine rings is 1. The van der Waals surface area contributed by atoms with Crippen LogP contribution in [0.5, 0.6) is 0 Å². The number of aromatic nitrogens is 2. The minimum atomic E-state index is -0.130. The van der Waals surface area contributed by atoms with Crippen LogP contribution >= 0.6 is 0 Å². The fourth-order valence-corrected chi connectivity index (χ4v) is 3.10. The average Bonchev–Trinajstić information content (AvgIpc) is 2.61. The minimum Gasteiger partial charge on any atom is -0.348 e. The third kappa shape index (κ3) is 4.38. The summed E-state index contributed by atoms with van der Waals surface area (Å²) < 4.78 is 0. The molecule has 1 fully saturated rings. The molecule has 0 radical (unpaired) electrons. The van der Waals surface area contributed by atoms with Crippen molar-refractivity contribution < 1.29 is 4.79 Å². The van der Waals surface area contributed by atoms with Crippen molar-refractivity contribution in [2.75, 3.05) is 13.1 Å². The Balaban J connectivity index is 1.58. The molecule has 0 unspecified atom stereocenters. The molecule has 0 bridgehead atoms. The SMILES string of the molecule is Cc1ncncc1C(=O)NCc1cccc(CN2CCCCC2)c1. The molecule has 1 saturated heterocycles. The Labute approximate surface area is 143 Å². The number of hydrogen-bond acceptors (Lipinski definition) is 4. The summed E-state index contributed by atoms with van der Waals surface area (Å²) in [6.07, 6.45) is 6.97. The van der Waals surface area contributed by atoms with Gasteiger partial charge >= 0.3 is 0 Å². The molecular weight excluding hydrogens is 300 g/mol. The van der Waals surface area contributed by atoms with Crippen molar-refractivity contribution in [3.05, 3.63) is 59.2 Å². The highest BCUT2D eigenvalue weighted by Crippen LogP contribution is 2.14. The van der Waals surface area contributed by atoms with Crippen LogP contribution in [-0.4, -0.2) is 33.9 Å². The van der Waals surface area contributed by atoms with Crippen molar-refractivity contribution in [2.24, 2.45) is 0 Å². The molecule has 2 heterocycles. The number of rotatable bonds is 5. The Morgan fingerprint density at radius 1 is 1.21 bits per heavy atom. The number of nitrogens with one attached hydrogen (secondary N) is 1. The summed E-state index contributed by atoms with van der Waals surface area (Å²) in [5.41, 5.74) is 3.65. The van der Waals surface area contributed by atoms with Crippen molar-refractivity contribution in [3.8, 4) is 0 Å². The number of amides is 1. The van der Waals surface area contributed by atoms with Gasteiger partial charge in [-0.05, 0) is 44.0 Å². The van der Waals surface area contributed by atoms with E-state index in [1.165, 1.54) is 44.2 Å². The molecule has 3 rings (SSSR count). The van der Waals surface area contributed by atoms with Gasteiger partial charge in [-0.25, -0.2) is 9.97 Å². The van der Waals surface area contributed by atoms with E-state index < -0.39 is 0 Å². The van der Waals surface area contributed by atoms with Gasteiger partial charge < -0.3 is 5.32 Å². The normalized spacial score (nSPS) is 15.2. The standard InChI is InChI=1S/C19H24N4O/c1-15-18(12-20-14-22-15)19(24)21-11-16-6-5-7-17(10-16)13-23-8-3-2-4-9-23/h5-7,10,12,14H,2-4,8-9,11,13H2,1H3,(H,21,24). The molecular formula is C19H24N4O. The highest BCUT2D eigenvalue weighted by atomic mass is 16.1. The largest absolute Gasteiger partial charge is 0.348 e. The first-order chi connectivity index (χ1) is 11.7. The first-order valence-corrected chi connectivity index (χ1v) is 8.57. The smallest absolute Gasteiger partial charge is 0.254 e. The zero-order valence-corrected chi connectivity index (χ0v) is 14.2. The summed E-state index contributed by atoms with van der Waals surface area (Å²) >= 11 is 0. The molecule has 1 amide bonds. The maximum atomic E-state index is 12.2. The zero-order valence-electron chi connectivity index (χ0n) is 14.2. The first-order valence-electron chi connectivity index (χ1n) is 8.57. The summed E-state index contributed by atoms with van der Waals surface area (Å²) in [6, 6.07) is 8.46. The van der Waals surface area contributed by atoms with Crippen LogP contribution in [0.2, 0.25) is 0 Å². The number of nitrogens with zero attached hydrogens (tertiary/aromatic N) is 3. The lowest BCUT2D eigenvalue weighted by Crippen LogP contribution is -2.29. The lowest BCUT2D eigenvalue weighted by Gasteiger charge is -2.26. The number of carbonyl (C=O) groups is 1. The van der Waals surface area contributed by atoms with Crippen LogP contribution in [0.15, 0.2) is 36.8 Å². The lowest BCUT2D eigenvalue weighted by molar-refractivity contribution is 0.0949. The average molecular weight is 324 g/mol. The van der Waals surface area contributed by atoms with Crippen molar-refractivity contribution in [1.29, 1.82) is 0 Å². The van der Waals surface area contributed by atoms with Crippen LogP contribution in [0.1, 0.15) is 46.4 Å². The third-order valence-corrected chi connectivity index (χ3v) is 4.46. The molecule has 5 nitrogen and oxygen atoms in total. The first kappa shape index (κ1) is 16.6. The van der Waals surface area contributed by atoms with Crippen molar-refractivity contribution in [3.63, 3.8) is 0 Å². The summed E-state index contributed by atoms with van der Waals surface area (Å²) in [4.78, 5) is 22.7. The van der Waals surface area contributed by atoms with Crippen LogP contribution in [0.25, 0.3) is 0 Å². The summed E-state index contributed by atoms with van der Waals surface area (Å²) in [5.74, 6) is -0.130. The zero-order chi connectivity index (χ0) is 16.8. The maximum absolute atomic E-state index is 12.2. The highest BCUT2D eigenvalue weighted by Gasteiger charge is 2.12. The second-order valence-corrected chi connectivity index (χ2v) is 6.36. The molecule has 0 saturated carbocycles. The molecule has 1 aliphatic rings. The molecule has 2 aromatic rings. The van der Waals surface area contributed by atoms with Gasteiger partial charge in [0.05, 0.1) is 11.3 Å². The number of aryl methyl sites for hydroxylation is 1. The predicted molar refractivity (Wildman–Crippen MR) is 93.5 cm³/mol. The summed E-state index contributed by atoms with van der Waals surface area (Å²) in [6.45, 7) is 5.70. The summed E-state index contributed by atoms with van der Waals surface area (Å²) in [7, 11) is 0. The quantitative estimate of drug-likeness (QED) is 0.919. The molecule has 1 aromatic carbocycles. The second kappa shape index (κ2) is 8.02. The highest BCUT2D eigenvalue weighted by molar-refractivity contribution is 5.94. The fraction of sp³-hybridized carbons (Fsp3) is 0.421. The van der Waals surface area contributed by atoms with Crippen LogP contribution in [0, 0.1) is 6.92 Å². The fourth-order valence-electron chi connectivity index (χ4n) is 3.10. The Morgan fingerprint density at radius 3 is 2.79 bits per heavy atom. The Hall–Kier alpha value is -2.27. The minimum absolute atomic E-state index is 0.130. The van der Waals surface area contributed by atoms with Gasteiger partial charge in [0.25, 0.3) is 5.91 Å². The molecule has 126 valence electrons. The lowest BCUT2D eigenvalue weighted by atomic mass is 10.1. The molecule has 0 spiro atoms. The number of likely N-dealkylation sites (tertiary alicyclic amines) is 1. The molecule has 5 heteroatoms. The van der Waals surface area contributed by atoms with Gasteiger partial charge in [-0.3, -0.25) is 9.69 Å². The van der Waals surface area contributed by atoms with Crippen LogP contribution in [0.3, 0.4) is 0 Å². The van der Waals surface area contributed by atoms with Gasteiger partial charge in [-0.1, -0.05) is 30.7 Å². The number of benzene rings is 1. The maximum Gasteiger partial charge on any atom is 0.254 e. The van der Waals surface area contributed by atoms with E-state index in [0.29, 0.717) is 17.8 Å². The topological polar surface area (TPSA) is 58.1 Å². The van der Waals surface area contributed by atoms with E-state index in [0.717, 1.165) is 12.1 Å². The van der Waals surface area contributed by atoms with Gasteiger partial charge in [-0.15, -0.1) is 0 Å². The predicted octanol–water partition coefficient (Wildman–Crippen LogP) is 2.70. The van der Waals surface area contributed by atoms with Gasteiger partial charge in [0, 0.05) is 19.3 Å². The van der Waals surface area contributed by atoms with Crippen molar-refractivity contribution >= 4 is 5.91 Å². The monoisotopic (exact) mass is 324 g/mol. The molecule has 1 N–H and O–H groups in total. The van der Waals surface area contributed by atoms with Crippen LogP contribution in [0.4, 0.5) is 0 Å². The molecule has 0 atom stereocenters. The molecule has 24 heavy (non-hydrogen) atoms. The van der Waals surface area contributed by atoms with E-state index in [1.54, 1.807) is 6.20 Å². The molecule has 1 aliphatic heterocycles.